The highest BCUT2D eigenvalue weighted by Crippen LogP contribution is 2.30. The second-order valence-electron chi connectivity index (χ2n) is 7.00. The van der Waals surface area contributed by atoms with E-state index >= 15 is 0 Å². The lowest BCUT2D eigenvalue weighted by atomic mass is 10.0. The van der Waals surface area contributed by atoms with Crippen LogP contribution in [0.25, 0.3) is 33.1 Å². The third kappa shape index (κ3) is 3.59. The normalized spacial score (nSPS) is 11.1. The van der Waals surface area contributed by atoms with Crippen LogP contribution in [-0.2, 0) is 6.61 Å². The standard InChI is InChI=1S/C25H15FO5/c26-21-7-3-1-6-16(21)14-29-17-9-10-18-19(13-24(27)30-23(18)12-17)20-11-15-5-2-4-8-22(15)31-25(20)28/h1-13H,14H2. The molecule has 0 amide bonds. The Hall–Kier alpha value is -4.19. The molecule has 0 atom stereocenters. The highest BCUT2D eigenvalue weighted by molar-refractivity contribution is 5.95. The first-order valence-electron chi connectivity index (χ1n) is 9.56. The molecule has 0 fully saturated rings. The summed E-state index contributed by atoms with van der Waals surface area (Å²) >= 11 is 0. The highest BCUT2D eigenvalue weighted by atomic mass is 19.1. The first-order valence-corrected chi connectivity index (χ1v) is 9.56. The summed E-state index contributed by atoms with van der Waals surface area (Å²) in [6.45, 7) is 0.0242. The van der Waals surface area contributed by atoms with Gasteiger partial charge in [-0.1, -0.05) is 36.4 Å². The van der Waals surface area contributed by atoms with E-state index in [1.54, 1.807) is 54.6 Å². The maximum Gasteiger partial charge on any atom is 0.344 e. The van der Waals surface area contributed by atoms with Crippen molar-refractivity contribution in [2.75, 3.05) is 0 Å². The molecule has 0 bridgehead atoms. The maximum atomic E-state index is 13.8. The summed E-state index contributed by atoms with van der Waals surface area (Å²) in [5, 5.41) is 1.30. The summed E-state index contributed by atoms with van der Waals surface area (Å²) in [6.07, 6.45) is 0. The SMILES string of the molecule is O=c1cc(-c2cc3ccccc3oc2=O)c2ccc(OCc3ccccc3F)cc2o1. The van der Waals surface area contributed by atoms with E-state index in [2.05, 4.69) is 0 Å². The zero-order chi connectivity index (χ0) is 21.4. The summed E-state index contributed by atoms with van der Waals surface area (Å²) in [6, 6.07) is 21.3. The molecule has 0 N–H and O–H groups in total. The van der Waals surface area contributed by atoms with E-state index in [1.165, 1.54) is 12.1 Å². The Labute approximate surface area is 174 Å². The Bertz CT molecular complexity index is 1550. The molecule has 2 aromatic heterocycles. The molecule has 0 spiro atoms. The predicted octanol–water partition coefficient (Wildman–Crippen LogP) is 5.28. The third-order valence-electron chi connectivity index (χ3n) is 5.00. The highest BCUT2D eigenvalue weighted by Gasteiger charge is 2.14. The minimum atomic E-state index is -0.610. The fraction of sp³-hybridized carbons (Fsp3) is 0.0400. The van der Waals surface area contributed by atoms with E-state index in [-0.39, 0.29) is 23.6 Å². The summed E-state index contributed by atoms with van der Waals surface area (Å²) in [4.78, 5) is 24.8. The van der Waals surface area contributed by atoms with Crippen molar-refractivity contribution in [3.63, 3.8) is 0 Å². The average molecular weight is 414 g/mol. The van der Waals surface area contributed by atoms with Crippen LogP contribution in [0, 0.1) is 5.82 Å². The zero-order valence-corrected chi connectivity index (χ0v) is 16.1. The van der Waals surface area contributed by atoms with Crippen LogP contribution in [0.3, 0.4) is 0 Å². The zero-order valence-electron chi connectivity index (χ0n) is 16.1. The van der Waals surface area contributed by atoms with E-state index in [9.17, 15) is 14.0 Å². The molecule has 152 valence electrons. The molecule has 2 heterocycles. The van der Waals surface area contributed by atoms with E-state index < -0.39 is 11.3 Å². The van der Waals surface area contributed by atoms with Crippen LogP contribution in [0.2, 0.25) is 0 Å². The lowest BCUT2D eigenvalue weighted by Gasteiger charge is -2.09. The van der Waals surface area contributed by atoms with Gasteiger partial charge in [0.25, 0.3) is 0 Å². The molecule has 0 aliphatic heterocycles. The minimum absolute atomic E-state index is 0.0242. The van der Waals surface area contributed by atoms with E-state index in [4.69, 9.17) is 13.6 Å². The minimum Gasteiger partial charge on any atom is -0.489 e. The lowest BCUT2D eigenvalue weighted by Crippen LogP contribution is -2.06. The van der Waals surface area contributed by atoms with Crippen LogP contribution >= 0.6 is 0 Å². The molecular weight excluding hydrogens is 399 g/mol. The van der Waals surface area contributed by atoms with Crippen molar-refractivity contribution < 1.29 is 18.0 Å². The van der Waals surface area contributed by atoms with Crippen molar-refractivity contribution in [2.24, 2.45) is 0 Å². The number of ether oxygens (including phenoxy) is 1. The van der Waals surface area contributed by atoms with Crippen LogP contribution in [0.15, 0.2) is 97.3 Å². The number of hydrogen-bond donors (Lipinski definition) is 0. The molecule has 0 radical (unpaired) electrons. The number of benzene rings is 3. The Morgan fingerprint density at radius 1 is 0.774 bits per heavy atom. The van der Waals surface area contributed by atoms with Gasteiger partial charge in [-0.2, -0.15) is 0 Å². The van der Waals surface area contributed by atoms with Gasteiger partial charge in [0.15, 0.2) is 0 Å². The van der Waals surface area contributed by atoms with Crippen LogP contribution in [-0.4, -0.2) is 0 Å². The number of fused-ring (bicyclic) bond motifs is 2. The van der Waals surface area contributed by atoms with Gasteiger partial charge in [0, 0.05) is 34.0 Å². The van der Waals surface area contributed by atoms with Gasteiger partial charge in [-0.3, -0.25) is 0 Å². The second-order valence-corrected chi connectivity index (χ2v) is 7.00. The molecule has 0 saturated heterocycles. The number of halogens is 1. The fourth-order valence-corrected chi connectivity index (χ4v) is 3.48. The number of hydrogen-bond acceptors (Lipinski definition) is 5. The Balaban J connectivity index is 1.58. The van der Waals surface area contributed by atoms with Gasteiger partial charge < -0.3 is 13.6 Å². The third-order valence-corrected chi connectivity index (χ3v) is 5.00. The largest absolute Gasteiger partial charge is 0.489 e. The quantitative estimate of drug-likeness (QED) is 0.374. The molecule has 5 rings (SSSR count). The Morgan fingerprint density at radius 3 is 2.45 bits per heavy atom. The molecule has 5 nitrogen and oxygen atoms in total. The molecule has 5 aromatic rings. The van der Waals surface area contributed by atoms with Gasteiger partial charge in [-0.15, -0.1) is 0 Å². The summed E-state index contributed by atoms with van der Waals surface area (Å²) in [5.74, 6) is 0.0433. The topological polar surface area (TPSA) is 69.7 Å². The van der Waals surface area contributed by atoms with Gasteiger partial charge in [0.1, 0.15) is 29.3 Å². The number of rotatable bonds is 4. The van der Waals surface area contributed by atoms with E-state index in [0.29, 0.717) is 27.8 Å². The van der Waals surface area contributed by atoms with E-state index in [0.717, 1.165) is 5.39 Å². The van der Waals surface area contributed by atoms with Crippen molar-refractivity contribution >= 4 is 21.9 Å². The summed E-state index contributed by atoms with van der Waals surface area (Å²) < 4.78 is 30.2. The molecular formula is C25H15FO5. The second kappa shape index (κ2) is 7.57. The van der Waals surface area contributed by atoms with Gasteiger partial charge in [0.2, 0.25) is 0 Å². The summed E-state index contributed by atoms with van der Waals surface area (Å²) in [7, 11) is 0. The average Bonchev–Trinajstić information content (AvgIpc) is 2.77. The summed E-state index contributed by atoms with van der Waals surface area (Å²) in [5.41, 5.74) is 0.634. The monoisotopic (exact) mass is 414 g/mol. The van der Waals surface area contributed by atoms with Crippen molar-refractivity contribution in [3.05, 3.63) is 111 Å². The molecule has 0 aliphatic rings. The van der Waals surface area contributed by atoms with Crippen LogP contribution in [0.1, 0.15) is 5.56 Å². The lowest BCUT2D eigenvalue weighted by molar-refractivity contribution is 0.300. The van der Waals surface area contributed by atoms with Crippen molar-refractivity contribution in [3.8, 4) is 16.9 Å². The van der Waals surface area contributed by atoms with E-state index in [1.807, 2.05) is 12.1 Å². The van der Waals surface area contributed by atoms with Gasteiger partial charge in [0.05, 0.1) is 5.56 Å². The fourth-order valence-electron chi connectivity index (χ4n) is 3.48. The Kier molecular flexibility index (Phi) is 4.59. The number of para-hydroxylation sites is 1. The van der Waals surface area contributed by atoms with Gasteiger partial charge in [-0.25, -0.2) is 14.0 Å². The smallest absolute Gasteiger partial charge is 0.344 e. The molecule has 0 aliphatic carbocycles. The molecule has 31 heavy (non-hydrogen) atoms. The predicted molar refractivity (Wildman–Crippen MR) is 115 cm³/mol. The molecule has 0 unspecified atom stereocenters. The van der Waals surface area contributed by atoms with Crippen molar-refractivity contribution in [1.29, 1.82) is 0 Å². The van der Waals surface area contributed by atoms with Crippen molar-refractivity contribution in [1.82, 2.24) is 0 Å². The van der Waals surface area contributed by atoms with Crippen molar-refractivity contribution in [2.45, 2.75) is 6.61 Å². The first-order chi connectivity index (χ1) is 15.1. The van der Waals surface area contributed by atoms with Gasteiger partial charge >= 0.3 is 11.3 Å². The molecule has 0 saturated carbocycles. The maximum absolute atomic E-state index is 13.8. The van der Waals surface area contributed by atoms with Gasteiger partial charge in [-0.05, 0) is 30.3 Å². The van der Waals surface area contributed by atoms with Crippen LogP contribution in [0.5, 0.6) is 5.75 Å². The Morgan fingerprint density at radius 2 is 1.58 bits per heavy atom. The van der Waals surface area contributed by atoms with Crippen LogP contribution in [0.4, 0.5) is 4.39 Å². The first kappa shape index (κ1) is 18.8. The van der Waals surface area contributed by atoms with Crippen LogP contribution < -0.4 is 16.0 Å². The molecule has 3 aromatic carbocycles. The molecule has 6 heteroatoms.